The van der Waals surface area contributed by atoms with E-state index in [9.17, 15) is 9.59 Å². The van der Waals surface area contributed by atoms with Gasteiger partial charge in [0.05, 0.1) is 6.42 Å². The number of aliphatic carboxylic acids is 1. The Morgan fingerprint density at radius 3 is 2.20 bits per heavy atom. The molecule has 0 aliphatic carbocycles. The van der Waals surface area contributed by atoms with Gasteiger partial charge in [0.2, 0.25) is 0 Å². The highest BCUT2D eigenvalue weighted by molar-refractivity contribution is 5.79. The van der Waals surface area contributed by atoms with E-state index in [-0.39, 0.29) is 12.2 Å². The first-order valence-electron chi connectivity index (χ1n) is 4.79. The fraction of sp³-hybridized carbons (Fsp3) is 0.333. The summed E-state index contributed by atoms with van der Waals surface area (Å²) in [6, 6.07) is 5.44. The van der Waals surface area contributed by atoms with Gasteiger partial charge in [-0.25, -0.2) is 0 Å². The predicted molar refractivity (Wildman–Crippen MR) is 56.9 cm³/mol. The topological polar surface area (TPSA) is 54.4 Å². The summed E-state index contributed by atoms with van der Waals surface area (Å²) in [7, 11) is 0. The number of rotatable bonds is 4. The largest absolute Gasteiger partial charge is 0.481 e. The average molecular weight is 206 g/mol. The molecule has 0 atom stereocenters. The second kappa shape index (κ2) is 4.73. The van der Waals surface area contributed by atoms with Crippen LogP contribution in [0.1, 0.15) is 23.6 Å². The molecule has 0 saturated heterocycles. The van der Waals surface area contributed by atoms with Crippen LogP contribution in [0.5, 0.6) is 0 Å². The van der Waals surface area contributed by atoms with Crippen molar-refractivity contribution in [3.05, 3.63) is 34.9 Å². The van der Waals surface area contributed by atoms with Crippen molar-refractivity contribution in [2.45, 2.75) is 26.7 Å². The van der Waals surface area contributed by atoms with Crippen LogP contribution in [0, 0.1) is 6.92 Å². The minimum absolute atomic E-state index is 0.0115. The van der Waals surface area contributed by atoms with E-state index in [2.05, 4.69) is 0 Å². The van der Waals surface area contributed by atoms with Crippen molar-refractivity contribution in [1.82, 2.24) is 0 Å². The van der Waals surface area contributed by atoms with Gasteiger partial charge in [-0.3, -0.25) is 9.59 Å². The molecular weight excluding hydrogens is 192 g/mol. The van der Waals surface area contributed by atoms with E-state index in [0.29, 0.717) is 6.42 Å². The molecule has 0 fully saturated rings. The molecule has 0 aromatic heterocycles. The van der Waals surface area contributed by atoms with E-state index in [1.165, 1.54) is 6.92 Å². The Morgan fingerprint density at radius 1 is 1.20 bits per heavy atom. The van der Waals surface area contributed by atoms with Crippen molar-refractivity contribution >= 4 is 11.8 Å². The molecule has 1 N–H and O–H groups in total. The van der Waals surface area contributed by atoms with E-state index in [4.69, 9.17) is 5.11 Å². The Morgan fingerprint density at radius 2 is 1.73 bits per heavy atom. The van der Waals surface area contributed by atoms with Gasteiger partial charge in [-0.1, -0.05) is 18.2 Å². The fourth-order valence-corrected chi connectivity index (χ4v) is 1.55. The summed E-state index contributed by atoms with van der Waals surface area (Å²) in [5.41, 5.74) is 2.61. The Hall–Kier alpha value is -1.64. The van der Waals surface area contributed by atoms with E-state index in [0.717, 1.165) is 16.7 Å². The average Bonchev–Trinajstić information content (AvgIpc) is 2.10. The van der Waals surface area contributed by atoms with Crippen LogP contribution in [-0.4, -0.2) is 16.9 Å². The number of carbonyl (C=O) groups excluding carboxylic acids is 1. The molecule has 3 nitrogen and oxygen atoms in total. The normalized spacial score (nSPS) is 10.0. The Labute approximate surface area is 88.7 Å². The number of Topliss-reactive ketones (excluding diaryl/α,β-unsaturated/α-hetero) is 1. The molecular formula is C12H14O3. The molecule has 3 heteroatoms. The van der Waals surface area contributed by atoms with Gasteiger partial charge < -0.3 is 5.11 Å². The molecule has 0 saturated carbocycles. The first-order chi connectivity index (χ1) is 7.00. The van der Waals surface area contributed by atoms with E-state index in [1.807, 2.05) is 13.0 Å². The first-order valence-corrected chi connectivity index (χ1v) is 4.79. The van der Waals surface area contributed by atoms with Crippen LogP contribution in [0.3, 0.4) is 0 Å². The standard InChI is InChI=1S/C12H14O3/c1-8(13)6-10-4-3-5-11(9(10)2)7-12(14)15/h3-5H,6-7H2,1-2H3,(H,14,15). The number of hydrogen-bond donors (Lipinski definition) is 1. The molecule has 0 radical (unpaired) electrons. The van der Waals surface area contributed by atoms with Crippen LogP contribution in [0.15, 0.2) is 18.2 Å². The molecule has 0 aliphatic rings. The molecule has 0 heterocycles. The molecule has 0 bridgehead atoms. The summed E-state index contributed by atoms with van der Waals surface area (Å²) in [6.07, 6.45) is 0.386. The summed E-state index contributed by atoms with van der Waals surface area (Å²) in [5, 5.41) is 8.70. The highest BCUT2D eigenvalue weighted by Gasteiger charge is 2.08. The first kappa shape index (κ1) is 11.4. The van der Waals surface area contributed by atoms with Crippen LogP contribution >= 0.6 is 0 Å². The quantitative estimate of drug-likeness (QED) is 0.816. The van der Waals surface area contributed by atoms with Crippen LogP contribution in [0.25, 0.3) is 0 Å². The van der Waals surface area contributed by atoms with Crippen LogP contribution < -0.4 is 0 Å². The van der Waals surface area contributed by atoms with Gasteiger partial charge in [-0.05, 0) is 30.5 Å². The molecule has 1 aromatic carbocycles. The van der Waals surface area contributed by atoms with Crippen molar-refractivity contribution in [1.29, 1.82) is 0 Å². The second-order valence-electron chi connectivity index (χ2n) is 3.65. The number of carboxylic acids is 1. The SMILES string of the molecule is CC(=O)Cc1cccc(CC(=O)O)c1C. The molecule has 80 valence electrons. The zero-order chi connectivity index (χ0) is 11.4. The van der Waals surface area contributed by atoms with Crippen molar-refractivity contribution in [3.63, 3.8) is 0 Å². The van der Waals surface area contributed by atoms with Gasteiger partial charge in [0, 0.05) is 6.42 Å². The maximum Gasteiger partial charge on any atom is 0.307 e. The zero-order valence-corrected chi connectivity index (χ0v) is 8.91. The third-order valence-electron chi connectivity index (χ3n) is 2.34. The number of hydrogen-bond acceptors (Lipinski definition) is 2. The van der Waals surface area contributed by atoms with Crippen LogP contribution in [-0.2, 0) is 22.4 Å². The monoisotopic (exact) mass is 206 g/mol. The Kier molecular flexibility index (Phi) is 3.61. The Bertz CT molecular complexity index is 360. The maximum atomic E-state index is 11.0. The zero-order valence-electron chi connectivity index (χ0n) is 8.91. The lowest BCUT2D eigenvalue weighted by molar-refractivity contribution is -0.136. The number of carboxylic acid groups (broad SMARTS) is 1. The molecule has 15 heavy (non-hydrogen) atoms. The van der Waals surface area contributed by atoms with Crippen molar-refractivity contribution < 1.29 is 14.7 Å². The highest BCUT2D eigenvalue weighted by atomic mass is 16.4. The molecule has 0 aliphatic heterocycles. The molecule has 0 spiro atoms. The summed E-state index contributed by atoms with van der Waals surface area (Å²) in [4.78, 5) is 21.6. The number of ketones is 1. The van der Waals surface area contributed by atoms with Gasteiger partial charge in [0.15, 0.2) is 0 Å². The number of carbonyl (C=O) groups is 2. The van der Waals surface area contributed by atoms with Crippen molar-refractivity contribution in [2.75, 3.05) is 0 Å². The third kappa shape index (κ3) is 3.20. The van der Waals surface area contributed by atoms with E-state index >= 15 is 0 Å². The summed E-state index contributed by atoms with van der Waals surface area (Å²) in [6.45, 7) is 3.39. The highest BCUT2D eigenvalue weighted by Crippen LogP contribution is 2.15. The molecule has 0 unspecified atom stereocenters. The smallest absolute Gasteiger partial charge is 0.307 e. The lowest BCUT2D eigenvalue weighted by atomic mass is 9.97. The van der Waals surface area contributed by atoms with Gasteiger partial charge in [0.1, 0.15) is 5.78 Å². The minimum Gasteiger partial charge on any atom is -0.481 e. The number of benzene rings is 1. The van der Waals surface area contributed by atoms with Gasteiger partial charge in [-0.15, -0.1) is 0 Å². The van der Waals surface area contributed by atoms with Crippen LogP contribution in [0.2, 0.25) is 0 Å². The molecule has 0 amide bonds. The summed E-state index contributed by atoms with van der Waals surface area (Å²) in [5.74, 6) is -0.761. The fourth-order valence-electron chi connectivity index (χ4n) is 1.55. The van der Waals surface area contributed by atoms with E-state index < -0.39 is 5.97 Å². The molecule has 1 rings (SSSR count). The Balaban J connectivity index is 2.99. The minimum atomic E-state index is -0.849. The maximum absolute atomic E-state index is 11.0. The van der Waals surface area contributed by atoms with Gasteiger partial charge in [-0.2, -0.15) is 0 Å². The lowest BCUT2D eigenvalue weighted by Crippen LogP contribution is -2.05. The summed E-state index contributed by atoms with van der Waals surface area (Å²) >= 11 is 0. The van der Waals surface area contributed by atoms with Gasteiger partial charge in [0.25, 0.3) is 0 Å². The van der Waals surface area contributed by atoms with Crippen molar-refractivity contribution in [3.8, 4) is 0 Å². The van der Waals surface area contributed by atoms with Crippen LogP contribution in [0.4, 0.5) is 0 Å². The van der Waals surface area contributed by atoms with E-state index in [1.54, 1.807) is 12.1 Å². The molecule has 1 aromatic rings. The summed E-state index contributed by atoms with van der Waals surface area (Å²) < 4.78 is 0. The van der Waals surface area contributed by atoms with Gasteiger partial charge >= 0.3 is 5.97 Å². The predicted octanol–water partition coefficient (Wildman–Crippen LogP) is 1.75. The van der Waals surface area contributed by atoms with Crippen molar-refractivity contribution in [2.24, 2.45) is 0 Å². The lowest BCUT2D eigenvalue weighted by Gasteiger charge is -2.08. The third-order valence-corrected chi connectivity index (χ3v) is 2.34. The second-order valence-corrected chi connectivity index (χ2v) is 3.65.